The molecule has 0 heterocycles. The second-order valence-corrected chi connectivity index (χ2v) is 4.45. The molecule has 0 atom stereocenters. The van der Waals surface area contributed by atoms with E-state index < -0.39 is 0 Å². The normalized spacial score (nSPS) is 9.91. The highest BCUT2D eigenvalue weighted by Crippen LogP contribution is 2.24. The van der Waals surface area contributed by atoms with E-state index in [9.17, 15) is 9.59 Å². The first kappa shape index (κ1) is 15.5. The van der Waals surface area contributed by atoms with E-state index in [1.165, 1.54) is 7.11 Å². The van der Waals surface area contributed by atoms with Crippen molar-refractivity contribution in [1.29, 1.82) is 0 Å². The molecule has 0 fully saturated rings. The van der Waals surface area contributed by atoms with Gasteiger partial charge in [-0.3, -0.25) is 9.59 Å². The van der Waals surface area contributed by atoms with Crippen LogP contribution in [0.2, 0.25) is 0 Å². The Kier molecular flexibility index (Phi) is 5.11. The number of anilines is 2. The van der Waals surface area contributed by atoms with Crippen LogP contribution in [0.3, 0.4) is 0 Å². The highest BCUT2D eigenvalue weighted by atomic mass is 16.5. The quantitative estimate of drug-likeness (QED) is 0.785. The van der Waals surface area contributed by atoms with E-state index in [0.29, 0.717) is 22.7 Å². The number of nitrogens with two attached hydrogens (primary N) is 1. The summed E-state index contributed by atoms with van der Waals surface area (Å²) >= 11 is 0. The van der Waals surface area contributed by atoms with Gasteiger partial charge in [-0.15, -0.1) is 0 Å². The Balaban J connectivity index is 2.23. The van der Waals surface area contributed by atoms with E-state index in [1.807, 2.05) is 0 Å². The average molecular weight is 299 g/mol. The molecule has 22 heavy (non-hydrogen) atoms. The Morgan fingerprint density at radius 3 is 2.23 bits per heavy atom. The number of carbonyl (C=O) groups excluding carboxylic acids is 2. The number of rotatable bonds is 5. The minimum Gasteiger partial charge on any atom is -0.496 e. The van der Waals surface area contributed by atoms with Crippen molar-refractivity contribution in [3.05, 3.63) is 54.1 Å². The lowest BCUT2D eigenvalue weighted by Crippen LogP contribution is -2.23. The Morgan fingerprint density at radius 1 is 1.00 bits per heavy atom. The van der Waals surface area contributed by atoms with Gasteiger partial charge in [0, 0.05) is 0 Å². The molecule has 0 radical (unpaired) electrons. The molecule has 0 aliphatic rings. The molecule has 0 saturated heterocycles. The van der Waals surface area contributed by atoms with Gasteiger partial charge in [0.2, 0.25) is 5.91 Å². The van der Waals surface area contributed by atoms with Gasteiger partial charge in [-0.25, -0.2) is 0 Å². The van der Waals surface area contributed by atoms with Crippen LogP contribution >= 0.6 is 0 Å². The second kappa shape index (κ2) is 7.24. The summed E-state index contributed by atoms with van der Waals surface area (Å²) in [6, 6.07) is 13.8. The molecule has 2 aromatic carbocycles. The van der Waals surface area contributed by atoms with Gasteiger partial charge in [0.05, 0.1) is 30.6 Å². The number of para-hydroxylation sites is 3. The third-order valence-corrected chi connectivity index (χ3v) is 2.99. The number of hydrogen-bond acceptors (Lipinski definition) is 4. The Morgan fingerprint density at radius 2 is 1.59 bits per heavy atom. The van der Waals surface area contributed by atoms with Crippen molar-refractivity contribution < 1.29 is 14.3 Å². The molecule has 6 nitrogen and oxygen atoms in total. The summed E-state index contributed by atoms with van der Waals surface area (Å²) < 4.78 is 5.17. The van der Waals surface area contributed by atoms with Gasteiger partial charge in [-0.05, 0) is 24.3 Å². The van der Waals surface area contributed by atoms with Crippen LogP contribution in [-0.4, -0.2) is 25.5 Å². The van der Waals surface area contributed by atoms with Crippen molar-refractivity contribution in [2.45, 2.75) is 0 Å². The highest BCUT2D eigenvalue weighted by Gasteiger charge is 2.13. The van der Waals surface area contributed by atoms with E-state index >= 15 is 0 Å². The number of amides is 2. The van der Waals surface area contributed by atoms with Crippen molar-refractivity contribution in [3.8, 4) is 5.75 Å². The van der Waals surface area contributed by atoms with E-state index in [-0.39, 0.29) is 18.4 Å². The zero-order chi connectivity index (χ0) is 15.9. The van der Waals surface area contributed by atoms with E-state index in [0.717, 1.165) is 0 Å². The number of carbonyl (C=O) groups is 2. The number of nitrogens with one attached hydrogen (secondary N) is 2. The van der Waals surface area contributed by atoms with E-state index in [4.69, 9.17) is 10.5 Å². The molecule has 0 bridgehead atoms. The van der Waals surface area contributed by atoms with Gasteiger partial charge in [0.15, 0.2) is 0 Å². The van der Waals surface area contributed by atoms with Gasteiger partial charge in [-0.1, -0.05) is 24.3 Å². The predicted octanol–water partition coefficient (Wildman–Crippen LogP) is 1.84. The summed E-state index contributed by atoms with van der Waals surface area (Å²) in [5.41, 5.74) is 6.67. The fourth-order valence-corrected chi connectivity index (χ4v) is 1.92. The maximum Gasteiger partial charge on any atom is 0.259 e. The average Bonchev–Trinajstić information content (AvgIpc) is 2.56. The summed E-state index contributed by atoms with van der Waals surface area (Å²) in [4.78, 5) is 23.8. The third kappa shape index (κ3) is 3.62. The van der Waals surface area contributed by atoms with Crippen LogP contribution in [-0.2, 0) is 4.79 Å². The fraction of sp³-hybridized carbons (Fsp3) is 0.125. The molecular formula is C16H17N3O3. The van der Waals surface area contributed by atoms with Crippen LogP contribution in [0.4, 0.5) is 11.4 Å². The molecular weight excluding hydrogens is 282 g/mol. The van der Waals surface area contributed by atoms with Crippen molar-refractivity contribution >= 4 is 23.2 Å². The van der Waals surface area contributed by atoms with Crippen molar-refractivity contribution in [3.63, 3.8) is 0 Å². The van der Waals surface area contributed by atoms with Crippen molar-refractivity contribution in [2.75, 3.05) is 24.3 Å². The molecule has 0 aliphatic heterocycles. The molecule has 6 heteroatoms. The zero-order valence-electron chi connectivity index (χ0n) is 12.1. The second-order valence-electron chi connectivity index (χ2n) is 4.45. The first-order valence-corrected chi connectivity index (χ1v) is 6.69. The maximum absolute atomic E-state index is 12.4. The Bertz CT molecular complexity index is 686. The molecule has 0 spiro atoms. The van der Waals surface area contributed by atoms with Crippen LogP contribution in [0.15, 0.2) is 48.5 Å². The largest absolute Gasteiger partial charge is 0.496 e. The van der Waals surface area contributed by atoms with Crippen LogP contribution in [0.5, 0.6) is 5.75 Å². The molecule has 2 rings (SSSR count). The lowest BCUT2D eigenvalue weighted by molar-refractivity contribution is -0.114. The topological polar surface area (TPSA) is 93.5 Å². The van der Waals surface area contributed by atoms with Crippen LogP contribution in [0.1, 0.15) is 10.4 Å². The Labute approximate surface area is 128 Å². The molecule has 2 amide bonds. The molecule has 2 aromatic rings. The number of hydrogen-bond donors (Lipinski definition) is 3. The summed E-state index contributed by atoms with van der Waals surface area (Å²) in [5.74, 6) is -0.186. The van der Waals surface area contributed by atoms with Crippen LogP contribution in [0.25, 0.3) is 0 Å². The third-order valence-electron chi connectivity index (χ3n) is 2.99. The monoisotopic (exact) mass is 299 g/mol. The predicted molar refractivity (Wildman–Crippen MR) is 85.1 cm³/mol. The first-order chi connectivity index (χ1) is 10.7. The first-order valence-electron chi connectivity index (χ1n) is 6.69. The minimum atomic E-state index is -0.334. The van der Waals surface area contributed by atoms with Crippen molar-refractivity contribution in [2.24, 2.45) is 5.73 Å². The zero-order valence-corrected chi connectivity index (χ0v) is 12.1. The summed E-state index contributed by atoms with van der Waals surface area (Å²) in [5, 5.41) is 5.39. The minimum absolute atomic E-state index is 0.130. The number of ether oxygens (including phenoxy) is 1. The molecule has 0 unspecified atom stereocenters. The molecule has 0 aliphatic carbocycles. The lowest BCUT2D eigenvalue weighted by atomic mass is 10.1. The molecule has 4 N–H and O–H groups in total. The van der Waals surface area contributed by atoms with E-state index in [1.54, 1.807) is 48.5 Å². The van der Waals surface area contributed by atoms with Gasteiger partial charge >= 0.3 is 0 Å². The fourth-order valence-electron chi connectivity index (χ4n) is 1.92. The van der Waals surface area contributed by atoms with Gasteiger partial charge in [-0.2, -0.15) is 0 Å². The summed E-state index contributed by atoms with van der Waals surface area (Å²) in [6.45, 7) is -0.130. The lowest BCUT2D eigenvalue weighted by Gasteiger charge is -2.13. The number of methoxy groups -OCH3 is 1. The van der Waals surface area contributed by atoms with Crippen LogP contribution < -0.4 is 21.1 Å². The van der Waals surface area contributed by atoms with Gasteiger partial charge < -0.3 is 21.1 Å². The molecule has 0 aromatic heterocycles. The summed E-state index contributed by atoms with van der Waals surface area (Å²) in [6.07, 6.45) is 0. The van der Waals surface area contributed by atoms with Gasteiger partial charge in [0.1, 0.15) is 5.75 Å². The highest BCUT2D eigenvalue weighted by molar-refractivity contribution is 6.08. The number of benzene rings is 2. The smallest absolute Gasteiger partial charge is 0.259 e. The molecule has 0 saturated carbocycles. The molecule has 114 valence electrons. The van der Waals surface area contributed by atoms with Crippen LogP contribution in [0, 0.1) is 0 Å². The summed E-state index contributed by atoms with van der Waals surface area (Å²) in [7, 11) is 1.50. The standard InChI is InChI=1S/C16H17N3O3/c1-22-14-9-5-2-6-11(14)16(21)19-13-8-4-3-7-12(13)18-15(20)10-17/h2-9H,10,17H2,1H3,(H,18,20)(H,19,21). The van der Waals surface area contributed by atoms with Gasteiger partial charge in [0.25, 0.3) is 5.91 Å². The Hall–Kier alpha value is -2.86. The van der Waals surface area contributed by atoms with E-state index in [2.05, 4.69) is 10.6 Å². The van der Waals surface area contributed by atoms with Crippen molar-refractivity contribution in [1.82, 2.24) is 0 Å². The SMILES string of the molecule is COc1ccccc1C(=O)Nc1ccccc1NC(=O)CN. The maximum atomic E-state index is 12.4.